The van der Waals surface area contributed by atoms with Crippen molar-refractivity contribution in [1.82, 2.24) is 20.4 Å². The van der Waals surface area contributed by atoms with E-state index in [0.717, 1.165) is 16.3 Å². The molecule has 0 amide bonds. The van der Waals surface area contributed by atoms with Crippen molar-refractivity contribution in [2.75, 3.05) is 0 Å². The molecule has 7 heteroatoms. The highest BCUT2D eigenvalue weighted by atomic mass is 16.3. The summed E-state index contributed by atoms with van der Waals surface area (Å²) < 4.78 is 0. The largest absolute Gasteiger partial charge is 0.508 e. The lowest BCUT2D eigenvalue weighted by Crippen LogP contribution is -2.09. The van der Waals surface area contributed by atoms with Gasteiger partial charge in [-0.1, -0.05) is 36.4 Å². The van der Waals surface area contributed by atoms with E-state index in [2.05, 4.69) is 20.4 Å². The molecule has 0 spiro atoms. The van der Waals surface area contributed by atoms with E-state index >= 15 is 0 Å². The number of nitrogens with zero attached hydrogens (tertiary/aromatic N) is 2. The number of hydrogen-bond donors (Lipinski definition) is 3. The van der Waals surface area contributed by atoms with Crippen LogP contribution >= 0.6 is 0 Å². The zero-order chi connectivity index (χ0) is 20.2. The number of aromatic nitrogens is 4. The van der Waals surface area contributed by atoms with E-state index in [0.29, 0.717) is 16.5 Å². The first-order valence-electron chi connectivity index (χ1n) is 8.83. The molecule has 0 saturated heterocycles. The van der Waals surface area contributed by atoms with Gasteiger partial charge >= 0.3 is 0 Å². The fourth-order valence-corrected chi connectivity index (χ4v) is 2.99. The van der Waals surface area contributed by atoms with Gasteiger partial charge in [0.15, 0.2) is 0 Å². The molecule has 7 nitrogen and oxygen atoms in total. The van der Waals surface area contributed by atoms with Gasteiger partial charge in [0.1, 0.15) is 5.75 Å². The van der Waals surface area contributed by atoms with Gasteiger partial charge in [-0.3, -0.25) is 9.59 Å². The molecule has 2 aromatic heterocycles. The molecule has 0 aliphatic carbocycles. The molecule has 5 aromatic rings. The normalized spacial score (nSPS) is 10.5. The Morgan fingerprint density at radius 2 is 1.31 bits per heavy atom. The Hall–Kier alpha value is -4.26. The van der Waals surface area contributed by atoms with Crippen LogP contribution in [0, 0.1) is 0 Å². The monoisotopic (exact) mass is 384 g/mol. The maximum atomic E-state index is 11.7. The third-order valence-corrected chi connectivity index (χ3v) is 4.41. The molecular formula is C22H16N4O3. The smallest absolute Gasteiger partial charge is 0.272 e. The Balaban J connectivity index is 0.000000159. The third-order valence-electron chi connectivity index (χ3n) is 4.41. The highest BCUT2D eigenvalue weighted by molar-refractivity contribution is 5.93. The Morgan fingerprint density at radius 3 is 2.03 bits per heavy atom. The minimum absolute atomic E-state index is 0.136. The zero-order valence-electron chi connectivity index (χ0n) is 15.2. The molecule has 0 fully saturated rings. The summed E-state index contributed by atoms with van der Waals surface area (Å²) in [6.07, 6.45) is 1.64. The van der Waals surface area contributed by atoms with Crippen LogP contribution in [0.3, 0.4) is 0 Å². The number of rotatable bonds is 1. The van der Waals surface area contributed by atoms with Gasteiger partial charge in [-0.25, -0.2) is 10.2 Å². The molecule has 0 saturated carbocycles. The first-order valence-corrected chi connectivity index (χ1v) is 8.83. The van der Waals surface area contributed by atoms with E-state index in [1.165, 1.54) is 0 Å². The maximum absolute atomic E-state index is 11.7. The van der Waals surface area contributed by atoms with E-state index in [1.807, 2.05) is 36.4 Å². The molecule has 2 heterocycles. The summed E-state index contributed by atoms with van der Waals surface area (Å²) in [5, 5.41) is 24.9. The molecule has 142 valence electrons. The van der Waals surface area contributed by atoms with Crippen LogP contribution in [0.5, 0.6) is 5.75 Å². The van der Waals surface area contributed by atoms with E-state index in [1.54, 1.807) is 42.6 Å². The van der Waals surface area contributed by atoms with E-state index < -0.39 is 0 Å². The lowest BCUT2D eigenvalue weighted by atomic mass is 10.1. The summed E-state index contributed by atoms with van der Waals surface area (Å²) in [6, 6.07) is 21.4. The lowest BCUT2D eigenvalue weighted by molar-refractivity contribution is 0.475. The topological polar surface area (TPSA) is 112 Å². The van der Waals surface area contributed by atoms with E-state index in [9.17, 15) is 14.7 Å². The van der Waals surface area contributed by atoms with Crippen LogP contribution in [0.2, 0.25) is 0 Å². The summed E-state index contributed by atoms with van der Waals surface area (Å²) in [5.74, 6) is 0.201. The van der Waals surface area contributed by atoms with Crippen LogP contribution in [0.15, 0.2) is 88.6 Å². The summed E-state index contributed by atoms with van der Waals surface area (Å²) >= 11 is 0. The van der Waals surface area contributed by atoms with E-state index in [-0.39, 0.29) is 16.9 Å². The number of benzene rings is 3. The average Bonchev–Trinajstić information content (AvgIpc) is 2.76. The fourth-order valence-electron chi connectivity index (χ4n) is 2.99. The Morgan fingerprint density at radius 1 is 0.690 bits per heavy atom. The standard InChI is InChI=1S/C14H10N2O2.C8H6N2O/c17-10-7-5-9(6-8-10)13-11-3-1-2-4-12(11)14(18)16-15-13;11-8-7-4-2-1-3-6(7)5-9-10-8/h1-8,17H,(H,16,18);1-5H,(H,10,11). The molecule has 0 aliphatic heterocycles. The molecule has 0 radical (unpaired) electrons. The molecule has 3 N–H and O–H groups in total. The number of aromatic hydroxyl groups is 1. The molecule has 3 aromatic carbocycles. The second kappa shape index (κ2) is 7.77. The second-order valence-corrected chi connectivity index (χ2v) is 6.28. The summed E-state index contributed by atoms with van der Waals surface area (Å²) in [4.78, 5) is 22.7. The quantitative estimate of drug-likeness (QED) is 0.411. The van der Waals surface area contributed by atoms with Gasteiger partial charge in [-0.2, -0.15) is 10.2 Å². The minimum Gasteiger partial charge on any atom is -0.508 e. The Labute approximate surface area is 164 Å². The van der Waals surface area contributed by atoms with Gasteiger partial charge in [0.25, 0.3) is 11.1 Å². The van der Waals surface area contributed by atoms with Crippen LogP contribution in [0.4, 0.5) is 0 Å². The number of aromatic amines is 2. The van der Waals surface area contributed by atoms with Gasteiger partial charge in [0, 0.05) is 21.7 Å². The fraction of sp³-hybridized carbons (Fsp3) is 0. The molecule has 0 aliphatic rings. The van der Waals surface area contributed by atoms with Crippen LogP contribution < -0.4 is 11.1 Å². The zero-order valence-corrected chi connectivity index (χ0v) is 15.2. The second-order valence-electron chi connectivity index (χ2n) is 6.28. The highest BCUT2D eigenvalue weighted by Gasteiger charge is 2.07. The van der Waals surface area contributed by atoms with Gasteiger partial charge in [-0.05, 0) is 36.4 Å². The Bertz CT molecular complexity index is 1400. The SMILES string of the molecule is O=c1[nH]nc(-c2ccc(O)cc2)c2ccccc12.O=c1[nH]ncc2ccccc12. The first kappa shape index (κ1) is 18.1. The van der Waals surface area contributed by atoms with Crippen molar-refractivity contribution in [3.8, 4) is 17.0 Å². The minimum atomic E-state index is -0.201. The van der Waals surface area contributed by atoms with Crippen molar-refractivity contribution >= 4 is 21.5 Å². The molecule has 0 atom stereocenters. The predicted octanol–water partition coefficient (Wildman–Crippen LogP) is 3.22. The average molecular weight is 384 g/mol. The number of nitrogens with one attached hydrogen (secondary N) is 2. The summed E-state index contributed by atoms with van der Waals surface area (Å²) in [6.45, 7) is 0. The Kier molecular flexibility index (Phi) is 4.86. The van der Waals surface area contributed by atoms with Crippen LogP contribution in [0.1, 0.15) is 0 Å². The van der Waals surface area contributed by atoms with Gasteiger partial charge in [0.2, 0.25) is 0 Å². The molecule has 29 heavy (non-hydrogen) atoms. The number of H-pyrrole nitrogens is 2. The summed E-state index contributed by atoms with van der Waals surface area (Å²) in [5.41, 5.74) is 1.21. The lowest BCUT2D eigenvalue weighted by Gasteiger charge is -2.04. The van der Waals surface area contributed by atoms with Crippen LogP contribution in [-0.4, -0.2) is 25.5 Å². The molecule has 0 bridgehead atoms. The maximum Gasteiger partial charge on any atom is 0.272 e. The van der Waals surface area contributed by atoms with Crippen molar-refractivity contribution in [3.05, 3.63) is 99.7 Å². The third kappa shape index (κ3) is 3.74. The number of hydrogen-bond acceptors (Lipinski definition) is 5. The van der Waals surface area contributed by atoms with Crippen LogP contribution in [0.25, 0.3) is 32.8 Å². The van der Waals surface area contributed by atoms with Gasteiger partial charge in [0.05, 0.1) is 17.3 Å². The number of fused-ring (bicyclic) bond motifs is 2. The van der Waals surface area contributed by atoms with Crippen molar-refractivity contribution in [2.45, 2.75) is 0 Å². The number of phenols is 1. The first-order chi connectivity index (χ1) is 14.1. The van der Waals surface area contributed by atoms with Gasteiger partial charge < -0.3 is 5.11 Å². The molecule has 0 unspecified atom stereocenters. The highest BCUT2D eigenvalue weighted by Crippen LogP contribution is 2.25. The van der Waals surface area contributed by atoms with E-state index in [4.69, 9.17) is 0 Å². The van der Waals surface area contributed by atoms with Crippen LogP contribution in [-0.2, 0) is 0 Å². The molecular weight excluding hydrogens is 368 g/mol. The molecule has 5 rings (SSSR count). The van der Waals surface area contributed by atoms with Gasteiger partial charge in [-0.15, -0.1) is 0 Å². The van der Waals surface area contributed by atoms with Crippen molar-refractivity contribution < 1.29 is 5.11 Å². The summed E-state index contributed by atoms with van der Waals surface area (Å²) in [7, 11) is 0. The predicted molar refractivity (Wildman–Crippen MR) is 112 cm³/mol. The van der Waals surface area contributed by atoms with Crippen molar-refractivity contribution in [3.63, 3.8) is 0 Å². The van der Waals surface area contributed by atoms with Crippen molar-refractivity contribution in [2.24, 2.45) is 0 Å². The number of phenolic OH excluding ortho intramolecular Hbond substituents is 1. The van der Waals surface area contributed by atoms with Crippen molar-refractivity contribution in [1.29, 1.82) is 0 Å².